The number of carbonyl (C=O) groups excluding carboxylic acids is 1. The maximum absolute atomic E-state index is 13.0. The van der Waals surface area contributed by atoms with Crippen LogP contribution in [0.15, 0.2) is 36.5 Å². The number of phosphoric acid groups is 1. The molecule has 0 aromatic rings. The molecule has 0 aromatic carbocycles. The van der Waals surface area contributed by atoms with Crippen molar-refractivity contribution in [2.45, 2.75) is 360 Å². The van der Waals surface area contributed by atoms with Crippen molar-refractivity contribution < 1.29 is 32.9 Å². The number of quaternary nitrogens is 1. The molecule has 0 aliphatic carbocycles. The van der Waals surface area contributed by atoms with Gasteiger partial charge in [0.05, 0.1) is 39.9 Å². The molecule has 0 rings (SSSR count). The predicted molar refractivity (Wildman–Crippen MR) is 341 cm³/mol. The van der Waals surface area contributed by atoms with Crippen molar-refractivity contribution in [3.8, 4) is 0 Å². The fraction of sp³-hybridized carbons (Fsp3) is 0.899. The number of nitrogens with zero attached hydrogens (tertiary/aromatic N) is 1. The molecule has 0 saturated carbocycles. The van der Waals surface area contributed by atoms with Gasteiger partial charge in [-0.15, -0.1) is 0 Å². The van der Waals surface area contributed by atoms with Crippen LogP contribution in [0.2, 0.25) is 0 Å². The van der Waals surface area contributed by atoms with E-state index in [4.69, 9.17) is 9.05 Å². The molecule has 0 aliphatic rings. The van der Waals surface area contributed by atoms with Crippen molar-refractivity contribution >= 4 is 13.7 Å². The van der Waals surface area contributed by atoms with E-state index in [9.17, 15) is 19.4 Å². The highest BCUT2D eigenvalue weighted by Gasteiger charge is 2.28. The molecule has 0 bridgehead atoms. The molecule has 9 heteroatoms. The molecule has 8 nitrogen and oxygen atoms in total. The number of likely N-dealkylation sites (N-methyl/N-ethyl adjacent to an activating group) is 1. The Kier molecular flexibility index (Phi) is 59.3. The summed E-state index contributed by atoms with van der Waals surface area (Å²) < 4.78 is 23.8. The lowest BCUT2D eigenvalue weighted by atomic mass is 10.0. The molecule has 3 atom stereocenters. The van der Waals surface area contributed by atoms with Gasteiger partial charge in [0.1, 0.15) is 13.2 Å². The predicted octanol–water partition coefficient (Wildman–Crippen LogP) is 21.7. The van der Waals surface area contributed by atoms with E-state index in [-0.39, 0.29) is 19.1 Å². The summed E-state index contributed by atoms with van der Waals surface area (Å²) in [5.74, 6) is -0.171. The number of carbonyl (C=O) groups is 1. The van der Waals surface area contributed by atoms with Gasteiger partial charge in [0, 0.05) is 6.42 Å². The minimum atomic E-state index is -4.35. The van der Waals surface area contributed by atoms with Crippen LogP contribution in [0.25, 0.3) is 0 Å². The number of aliphatic hydroxyl groups excluding tert-OH is 1. The average Bonchev–Trinajstić information content (AvgIpc) is 3.41. The van der Waals surface area contributed by atoms with Gasteiger partial charge >= 0.3 is 7.82 Å². The SMILES string of the molecule is CCCCCCCCCCCCCCC/C=C\C/C=C\CCCCCCCCCCCCCCCCCCCC(=O)NC(COP(=O)(O)OCC[N+](C)(C)C)C(O)/C=C/CCCCCCCCCCCCCCCCCCC. The maximum atomic E-state index is 13.0. The molecule has 78 heavy (non-hydrogen) atoms. The normalized spacial score (nSPS) is 13.9. The molecular formula is C69H136N2O6P+. The highest BCUT2D eigenvalue weighted by Crippen LogP contribution is 2.43. The second kappa shape index (κ2) is 60.3. The van der Waals surface area contributed by atoms with Crippen LogP contribution in [0.5, 0.6) is 0 Å². The van der Waals surface area contributed by atoms with E-state index in [0.717, 1.165) is 44.9 Å². The van der Waals surface area contributed by atoms with Crippen molar-refractivity contribution in [2.75, 3.05) is 40.9 Å². The Bertz CT molecular complexity index is 1360. The Hall–Kier alpha value is -1.28. The van der Waals surface area contributed by atoms with Gasteiger partial charge in [0.2, 0.25) is 5.91 Å². The molecule has 1 amide bonds. The zero-order valence-corrected chi connectivity index (χ0v) is 53.8. The number of aliphatic hydroxyl groups is 1. The van der Waals surface area contributed by atoms with E-state index in [1.807, 2.05) is 27.2 Å². The fourth-order valence-corrected chi connectivity index (χ4v) is 11.2. The van der Waals surface area contributed by atoms with Gasteiger partial charge in [-0.05, 0) is 51.4 Å². The summed E-state index contributed by atoms with van der Waals surface area (Å²) in [5, 5.41) is 14.0. The van der Waals surface area contributed by atoms with Crippen LogP contribution in [0, 0.1) is 0 Å². The Labute approximate surface area is 487 Å². The first-order chi connectivity index (χ1) is 38.0. The number of hydrogen-bond acceptors (Lipinski definition) is 5. The summed E-state index contributed by atoms with van der Waals surface area (Å²) in [6, 6.07) is -0.846. The van der Waals surface area contributed by atoms with Crippen LogP contribution in [0.3, 0.4) is 0 Å². The highest BCUT2D eigenvalue weighted by atomic mass is 31.2. The molecule has 0 aliphatic heterocycles. The second-order valence-corrected chi connectivity index (χ2v) is 26.4. The van der Waals surface area contributed by atoms with Crippen LogP contribution < -0.4 is 5.32 Å². The first kappa shape index (κ1) is 76.7. The van der Waals surface area contributed by atoms with Crippen LogP contribution in [0.4, 0.5) is 0 Å². The highest BCUT2D eigenvalue weighted by molar-refractivity contribution is 7.47. The third-order valence-electron chi connectivity index (χ3n) is 15.9. The van der Waals surface area contributed by atoms with Crippen LogP contribution in [-0.4, -0.2) is 73.4 Å². The van der Waals surface area contributed by atoms with E-state index in [1.165, 1.54) is 283 Å². The standard InChI is InChI=1S/C69H135N2O6P/c1-6-8-10-12-14-16-18-20-22-24-26-27-28-29-30-31-32-33-34-35-36-37-38-39-40-41-42-43-45-47-49-51-53-55-57-59-61-63-69(73)70-67(66-77-78(74,75)76-65-64-71(3,4)5)68(72)62-60-58-56-54-52-50-48-46-44-25-23-21-19-17-15-13-11-9-7-2/h30-31,33-34,60,62,67-68,72H,6-29,32,35-59,61,63-66H2,1-5H3,(H-,70,73,74,75)/p+1/b31-30-,34-33-,62-60+. The van der Waals surface area contributed by atoms with Crippen molar-refractivity contribution in [3.05, 3.63) is 36.5 Å². The minimum Gasteiger partial charge on any atom is -0.387 e. The quantitative estimate of drug-likeness (QED) is 0.0243. The van der Waals surface area contributed by atoms with Crippen LogP contribution in [-0.2, 0) is 18.4 Å². The minimum absolute atomic E-state index is 0.0631. The summed E-state index contributed by atoms with van der Waals surface area (Å²) >= 11 is 0. The first-order valence-electron chi connectivity index (χ1n) is 34.4. The number of allylic oxidation sites excluding steroid dienone is 5. The number of hydrogen-bond donors (Lipinski definition) is 3. The lowest BCUT2D eigenvalue weighted by Gasteiger charge is -2.25. The molecule has 0 saturated heterocycles. The second-order valence-electron chi connectivity index (χ2n) is 24.9. The number of nitrogens with one attached hydrogen (secondary N) is 1. The molecule has 0 heterocycles. The Morgan fingerprint density at radius 1 is 0.436 bits per heavy atom. The van der Waals surface area contributed by atoms with Crippen molar-refractivity contribution in [1.82, 2.24) is 5.32 Å². The number of rotatable bonds is 64. The number of phosphoric ester groups is 1. The summed E-state index contributed by atoms with van der Waals surface area (Å²) in [4.78, 5) is 23.4. The Balaban J connectivity index is 3.98. The molecule has 462 valence electrons. The lowest BCUT2D eigenvalue weighted by molar-refractivity contribution is -0.870. The fourth-order valence-electron chi connectivity index (χ4n) is 10.5. The van der Waals surface area contributed by atoms with E-state index < -0.39 is 20.0 Å². The zero-order valence-electron chi connectivity index (χ0n) is 52.9. The van der Waals surface area contributed by atoms with E-state index in [1.54, 1.807) is 6.08 Å². The summed E-state index contributed by atoms with van der Waals surface area (Å²) in [6.07, 6.45) is 80.1. The van der Waals surface area contributed by atoms with Gasteiger partial charge in [0.15, 0.2) is 0 Å². The van der Waals surface area contributed by atoms with Gasteiger partial charge in [-0.1, -0.05) is 326 Å². The lowest BCUT2D eigenvalue weighted by Crippen LogP contribution is -2.45. The van der Waals surface area contributed by atoms with Gasteiger partial charge in [-0.2, -0.15) is 0 Å². The molecular weight excluding hydrogens is 984 g/mol. The largest absolute Gasteiger partial charge is 0.472 e. The summed E-state index contributed by atoms with van der Waals surface area (Å²) in [6.45, 7) is 4.87. The van der Waals surface area contributed by atoms with Crippen molar-refractivity contribution in [3.63, 3.8) is 0 Å². The Morgan fingerprint density at radius 3 is 1.05 bits per heavy atom. The molecule has 3 unspecified atom stereocenters. The van der Waals surface area contributed by atoms with Gasteiger partial charge in [-0.25, -0.2) is 4.57 Å². The third-order valence-corrected chi connectivity index (χ3v) is 16.8. The first-order valence-corrected chi connectivity index (χ1v) is 35.9. The smallest absolute Gasteiger partial charge is 0.387 e. The average molecular weight is 1120 g/mol. The van der Waals surface area contributed by atoms with E-state index in [2.05, 4.69) is 43.5 Å². The zero-order chi connectivity index (χ0) is 57.0. The van der Waals surface area contributed by atoms with Crippen molar-refractivity contribution in [1.29, 1.82) is 0 Å². The summed E-state index contributed by atoms with van der Waals surface area (Å²) in [5.41, 5.74) is 0. The topological polar surface area (TPSA) is 105 Å². The third kappa shape index (κ3) is 62.3. The van der Waals surface area contributed by atoms with Crippen LogP contribution in [0.1, 0.15) is 348 Å². The molecule has 0 spiro atoms. The van der Waals surface area contributed by atoms with E-state index >= 15 is 0 Å². The molecule has 0 radical (unpaired) electrons. The van der Waals surface area contributed by atoms with Gasteiger partial charge < -0.3 is 19.8 Å². The maximum Gasteiger partial charge on any atom is 0.472 e. The number of unbranched alkanes of at least 4 members (excludes halogenated alkanes) is 47. The van der Waals surface area contributed by atoms with Gasteiger partial charge in [-0.3, -0.25) is 13.8 Å². The van der Waals surface area contributed by atoms with Gasteiger partial charge in [0.25, 0.3) is 0 Å². The number of amides is 1. The van der Waals surface area contributed by atoms with Crippen LogP contribution >= 0.6 is 7.82 Å². The van der Waals surface area contributed by atoms with Crippen molar-refractivity contribution in [2.24, 2.45) is 0 Å². The van der Waals surface area contributed by atoms with E-state index in [0.29, 0.717) is 17.4 Å². The Morgan fingerprint density at radius 2 is 0.731 bits per heavy atom. The monoisotopic (exact) mass is 1120 g/mol. The summed E-state index contributed by atoms with van der Waals surface area (Å²) in [7, 11) is 1.59. The molecule has 0 aromatic heterocycles. The molecule has 3 N–H and O–H groups in total. The molecule has 0 fully saturated rings.